The van der Waals surface area contributed by atoms with Crippen LogP contribution in [0, 0.1) is 13.8 Å². The second-order valence-corrected chi connectivity index (χ2v) is 4.00. The first-order valence-electron chi connectivity index (χ1n) is 5.35. The largest absolute Gasteiger partial charge is 0.478 e. The first kappa shape index (κ1) is 11.3. The van der Waals surface area contributed by atoms with Crippen LogP contribution >= 0.6 is 0 Å². The van der Waals surface area contributed by atoms with Crippen LogP contribution in [0.3, 0.4) is 0 Å². The van der Waals surface area contributed by atoms with Gasteiger partial charge in [-0.1, -0.05) is 12.1 Å². The number of carboxylic acids is 1. The van der Waals surface area contributed by atoms with Crippen LogP contribution in [-0.2, 0) is 0 Å². The Morgan fingerprint density at radius 3 is 2.59 bits per heavy atom. The van der Waals surface area contributed by atoms with Crippen molar-refractivity contribution in [1.82, 2.24) is 4.98 Å². The van der Waals surface area contributed by atoms with E-state index in [0.29, 0.717) is 5.69 Å². The predicted octanol–water partition coefficient (Wildman–Crippen LogP) is 3.06. The molecular formula is C14H13NO2. The molecular weight excluding hydrogens is 214 g/mol. The van der Waals surface area contributed by atoms with E-state index in [2.05, 4.69) is 4.98 Å². The van der Waals surface area contributed by atoms with Crippen LogP contribution in [-0.4, -0.2) is 16.1 Å². The maximum Gasteiger partial charge on any atom is 0.337 e. The van der Waals surface area contributed by atoms with Crippen molar-refractivity contribution in [2.45, 2.75) is 13.8 Å². The fourth-order valence-electron chi connectivity index (χ4n) is 1.70. The highest BCUT2D eigenvalue weighted by molar-refractivity contribution is 5.94. The molecule has 1 aromatic carbocycles. The number of aromatic carboxylic acids is 1. The summed E-state index contributed by atoms with van der Waals surface area (Å²) in [5.74, 6) is -0.952. The monoisotopic (exact) mass is 227 g/mol. The van der Waals surface area contributed by atoms with Crippen molar-refractivity contribution in [3.63, 3.8) is 0 Å². The molecule has 0 bridgehead atoms. The van der Waals surface area contributed by atoms with Crippen LogP contribution < -0.4 is 0 Å². The Kier molecular flexibility index (Phi) is 2.91. The van der Waals surface area contributed by atoms with Gasteiger partial charge in [0.1, 0.15) is 0 Å². The van der Waals surface area contributed by atoms with Crippen molar-refractivity contribution in [2.24, 2.45) is 0 Å². The summed E-state index contributed by atoms with van der Waals surface area (Å²) < 4.78 is 0. The minimum absolute atomic E-state index is 0.232. The van der Waals surface area contributed by atoms with Crippen molar-refractivity contribution in [2.75, 3.05) is 0 Å². The Morgan fingerprint density at radius 2 is 1.94 bits per heavy atom. The van der Waals surface area contributed by atoms with Gasteiger partial charge < -0.3 is 5.11 Å². The lowest BCUT2D eigenvalue weighted by Gasteiger charge is -2.07. The Balaban J connectivity index is 2.60. The Labute approximate surface area is 99.8 Å². The summed E-state index contributed by atoms with van der Waals surface area (Å²) in [5, 5.41) is 9.11. The molecule has 1 heterocycles. The molecule has 1 aromatic heterocycles. The molecule has 2 rings (SSSR count). The van der Waals surface area contributed by atoms with Gasteiger partial charge in [0.25, 0.3) is 0 Å². The fourth-order valence-corrected chi connectivity index (χ4v) is 1.70. The van der Waals surface area contributed by atoms with Gasteiger partial charge in [0.05, 0.1) is 11.3 Å². The molecule has 0 fully saturated rings. The number of aryl methyl sites for hydroxylation is 2. The molecule has 86 valence electrons. The van der Waals surface area contributed by atoms with Crippen LogP contribution in [0.2, 0.25) is 0 Å². The lowest BCUT2D eigenvalue weighted by atomic mass is 10.0. The maximum absolute atomic E-state index is 11.1. The first-order valence-corrected chi connectivity index (χ1v) is 5.35. The summed E-state index contributed by atoms with van der Waals surface area (Å²) in [4.78, 5) is 15.3. The first-order chi connectivity index (χ1) is 8.09. The van der Waals surface area contributed by atoms with Gasteiger partial charge in [0.15, 0.2) is 0 Å². The third-order valence-corrected chi connectivity index (χ3v) is 2.82. The molecule has 3 heteroatoms. The highest BCUT2D eigenvalue weighted by Gasteiger charge is 2.12. The number of carbonyl (C=O) groups is 1. The zero-order valence-corrected chi connectivity index (χ0v) is 9.77. The van der Waals surface area contributed by atoms with Gasteiger partial charge >= 0.3 is 5.97 Å². The number of aromatic nitrogens is 1. The van der Waals surface area contributed by atoms with Crippen LogP contribution in [0.5, 0.6) is 0 Å². The van der Waals surface area contributed by atoms with Gasteiger partial charge in [-0.25, -0.2) is 4.79 Å². The van der Waals surface area contributed by atoms with E-state index in [1.54, 1.807) is 18.3 Å². The minimum Gasteiger partial charge on any atom is -0.478 e. The van der Waals surface area contributed by atoms with Crippen molar-refractivity contribution in [1.29, 1.82) is 0 Å². The smallest absolute Gasteiger partial charge is 0.337 e. The average molecular weight is 227 g/mol. The van der Waals surface area contributed by atoms with Crippen molar-refractivity contribution in [3.8, 4) is 11.3 Å². The number of pyridine rings is 1. The number of carboxylic acid groups (broad SMARTS) is 1. The molecule has 0 spiro atoms. The summed E-state index contributed by atoms with van der Waals surface area (Å²) >= 11 is 0. The molecule has 0 aliphatic heterocycles. The zero-order chi connectivity index (χ0) is 12.4. The van der Waals surface area contributed by atoms with Gasteiger partial charge in [-0.3, -0.25) is 4.98 Å². The van der Waals surface area contributed by atoms with E-state index in [4.69, 9.17) is 5.11 Å². The third kappa shape index (κ3) is 2.18. The molecule has 0 saturated carbocycles. The number of hydrogen-bond donors (Lipinski definition) is 1. The molecule has 0 unspecified atom stereocenters. The number of hydrogen-bond acceptors (Lipinski definition) is 2. The molecule has 3 nitrogen and oxygen atoms in total. The molecule has 2 aromatic rings. The summed E-state index contributed by atoms with van der Waals surface area (Å²) in [6.07, 6.45) is 1.61. The quantitative estimate of drug-likeness (QED) is 0.857. The van der Waals surface area contributed by atoms with E-state index in [1.165, 1.54) is 5.56 Å². The Bertz CT molecular complexity index is 576. The minimum atomic E-state index is -0.952. The predicted molar refractivity (Wildman–Crippen MR) is 66.1 cm³/mol. The highest BCUT2D eigenvalue weighted by Crippen LogP contribution is 2.23. The normalized spacial score (nSPS) is 10.2. The lowest BCUT2D eigenvalue weighted by Crippen LogP contribution is -2.01. The van der Waals surface area contributed by atoms with Crippen LogP contribution in [0.4, 0.5) is 0 Å². The second kappa shape index (κ2) is 4.37. The summed E-state index contributed by atoms with van der Waals surface area (Å²) in [6, 6.07) is 9.04. The van der Waals surface area contributed by atoms with Crippen molar-refractivity contribution in [3.05, 3.63) is 53.2 Å². The van der Waals surface area contributed by atoms with E-state index in [-0.39, 0.29) is 5.56 Å². The van der Waals surface area contributed by atoms with Crippen LogP contribution in [0.1, 0.15) is 21.5 Å². The van der Waals surface area contributed by atoms with E-state index in [1.807, 2.05) is 32.0 Å². The average Bonchev–Trinajstić information content (AvgIpc) is 2.32. The van der Waals surface area contributed by atoms with E-state index in [9.17, 15) is 4.79 Å². The van der Waals surface area contributed by atoms with Gasteiger partial charge in [-0.15, -0.1) is 0 Å². The van der Waals surface area contributed by atoms with E-state index >= 15 is 0 Å². The van der Waals surface area contributed by atoms with E-state index < -0.39 is 5.97 Å². The summed E-state index contributed by atoms with van der Waals surface area (Å²) in [6.45, 7) is 4.03. The lowest BCUT2D eigenvalue weighted by molar-refractivity contribution is 0.0697. The van der Waals surface area contributed by atoms with Crippen molar-refractivity contribution < 1.29 is 9.90 Å². The number of rotatable bonds is 2. The molecule has 17 heavy (non-hydrogen) atoms. The molecule has 0 atom stereocenters. The van der Waals surface area contributed by atoms with Gasteiger partial charge in [-0.2, -0.15) is 0 Å². The fraction of sp³-hybridized carbons (Fsp3) is 0.143. The van der Waals surface area contributed by atoms with Crippen LogP contribution in [0.15, 0.2) is 36.5 Å². The van der Waals surface area contributed by atoms with Gasteiger partial charge in [0.2, 0.25) is 0 Å². The van der Waals surface area contributed by atoms with Gasteiger partial charge in [-0.05, 0) is 43.2 Å². The second-order valence-electron chi connectivity index (χ2n) is 4.00. The highest BCUT2D eigenvalue weighted by atomic mass is 16.4. The maximum atomic E-state index is 11.1. The topological polar surface area (TPSA) is 50.2 Å². The van der Waals surface area contributed by atoms with Gasteiger partial charge in [0, 0.05) is 11.8 Å². The Morgan fingerprint density at radius 1 is 1.18 bits per heavy atom. The molecule has 1 N–H and O–H groups in total. The third-order valence-electron chi connectivity index (χ3n) is 2.82. The molecule has 0 aliphatic carbocycles. The Hall–Kier alpha value is -2.16. The van der Waals surface area contributed by atoms with E-state index in [0.717, 1.165) is 11.1 Å². The zero-order valence-electron chi connectivity index (χ0n) is 9.77. The van der Waals surface area contributed by atoms with Crippen molar-refractivity contribution >= 4 is 5.97 Å². The SMILES string of the molecule is Cc1ccc(-c2ncccc2C(=O)O)cc1C. The summed E-state index contributed by atoms with van der Waals surface area (Å²) in [5.41, 5.74) is 3.90. The molecule has 0 saturated heterocycles. The molecule has 0 radical (unpaired) electrons. The molecule has 0 amide bonds. The molecule has 0 aliphatic rings. The van der Waals surface area contributed by atoms with Crippen LogP contribution in [0.25, 0.3) is 11.3 Å². The number of nitrogens with zero attached hydrogens (tertiary/aromatic N) is 1. The standard InChI is InChI=1S/C14H13NO2/c1-9-5-6-11(8-10(9)2)13-12(14(16)17)4-3-7-15-13/h3-8H,1-2H3,(H,16,17). The number of benzene rings is 1. The summed E-state index contributed by atoms with van der Waals surface area (Å²) in [7, 11) is 0.